The van der Waals surface area contributed by atoms with E-state index in [2.05, 4.69) is 9.04 Å². The Hall–Kier alpha value is -0.198. The van der Waals surface area contributed by atoms with E-state index >= 15 is 0 Å². The molecule has 0 heterocycles. The van der Waals surface area contributed by atoms with Crippen LogP contribution in [0.25, 0.3) is 0 Å². The summed E-state index contributed by atoms with van der Waals surface area (Å²) < 4.78 is 6.92. The van der Waals surface area contributed by atoms with Crippen molar-refractivity contribution in [2.24, 2.45) is 0 Å². The molecule has 0 fully saturated rings. The Morgan fingerprint density at radius 1 is 2.00 bits per heavy atom. The topological polar surface area (TPSA) is 38.3 Å². The van der Waals surface area contributed by atoms with Gasteiger partial charge in [-0.15, -0.1) is 0 Å². The third-order valence-electron chi connectivity index (χ3n) is 0.480. The van der Waals surface area contributed by atoms with E-state index in [4.69, 9.17) is 0 Å². The highest BCUT2D eigenvalue weighted by Crippen LogP contribution is 1.70. The van der Waals surface area contributed by atoms with Gasteiger partial charge in [0.05, 0.1) is 6.61 Å². The quantitative estimate of drug-likeness (QED) is 0.460. The molecule has 0 aromatic rings. The van der Waals surface area contributed by atoms with Gasteiger partial charge in [-0.1, -0.05) is 0 Å². The van der Waals surface area contributed by atoms with E-state index in [0.717, 1.165) is 0 Å². The van der Waals surface area contributed by atoms with Gasteiger partial charge in [-0.3, -0.25) is 0 Å². The van der Waals surface area contributed by atoms with Gasteiger partial charge in [-0.25, -0.2) is 4.79 Å². The predicted octanol–water partition coefficient (Wildman–Crippen LogP) is -0.719. The highest BCUT2D eigenvalue weighted by atomic mass is 27.1. The second kappa shape index (κ2) is 3.97. The standard InChI is InChI=1S/C3H7NO2.Al.2H/c1-2-6-3(4)5;;;/h2H2,1H3,(H2,4,5);;;/q;+1;;/p-1. The molecule has 1 N–H and O–H groups in total. The van der Waals surface area contributed by atoms with Crippen LogP contribution in [-0.4, -0.2) is 29.2 Å². The van der Waals surface area contributed by atoms with Gasteiger partial charge >= 0.3 is 22.6 Å². The van der Waals surface area contributed by atoms with Crippen molar-refractivity contribution in [3.8, 4) is 0 Å². The largest absolute Gasteiger partial charge is 0.451 e. The van der Waals surface area contributed by atoms with Crippen LogP contribution in [-0.2, 0) is 4.74 Å². The van der Waals surface area contributed by atoms with E-state index < -0.39 is 0 Å². The lowest BCUT2D eigenvalue weighted by atomic mass is 10.9. The average Bonchev–Trinajstić information content (AvgIpc) is 1.68. The number of amides is 1. The van der Waals surface area contributed by atoms with Gasteiger partial charge in [0.25, 0.3) is 0 Å². The number of hydrogen-bond acceptors (Lipinski definition) is 2. The molecule has 0 saturated carbocycles. The second-order valence-corrected chi connectivity index (χ2v) is 1.47. The van der Waals surface area contributed by atoms with Gasteiger partial charge in [0.2, 0.25) is 0 Å². The monoisotopic (exact) mass is 117 g/mol. The zero-order chi connectivity index (χ0) is 5.70. The molecule has 7 heavy (non-hydrogen) atoms. The van der Waals surface area contributed by atoms with Crippen LogP contribution in [0.4, 0.5) is 4.79 Å². The van der Waals surface area contributed by atoms with E-state index in [1.54, 1.807) is 6.92 Å². The van der Waals surface area contributed by atoms with E-state index in [0.29, 0.717) is 23.1 Å². The maximum Gasteiger partial charge on any atom is 0.382 e. The van der Waals surface area contributed by atoms with Crippen molar-refractivity contribution in [1.82, 2.24) is 4.30 Å². The zero-order valence-corrected chi connectivity index (χ0v) is 6.52. The van der Waals surface area contributed by atoms with Gasteiger partial charge in [-0.2, -0.15) is 0 Å². The first-order valence-corrected chi connectivity index (χ1v) is 3.15. The molecule has 0 aromatic heterocycles. The second-order valence-electron chi connectivity index (χ2n) is 0.970. The smallest absolute Gasteiger partial charge is 0.382 e. The molecule has 0 aliphatic heterocycles. The van der Waals surface area contributed by atoms with Crippen LogP contribution in [0.1, 0.15) is 6.92 Å². The molecule has 0 aliphatic rings. The van der Waals surface area contributed by atoms with E-state index in [9.17, 15) is 4.79 Å². The summed E-state index contributed by atoms with van der Waals surface area (Å²) in [5.74, 6) is 0. The molecule has 0 unspecified atom stereocenters. The van der Waals surface area contributed by atoms with Gasteiger partial charge in [0, 0.05) is 0 Å². The van der Waals surface area contributed by atoms with Crippen molar-refractivity contribution in [3.63, 3.8) is 0 Å². The minimum absolute atomic E-state index is 0.311. The number of nitrogens with one attached hydrogen (secondary N) is 1. The first-order chi connectivity index (χ1) is 3.31. The first kappa shape index (κ1) is 6.80. The number of carbonyl (C=O) groups is 1. The average molecular weight is 117 g/mol. The zero-order valence-electron chi connectivity index (χ0n) is 4.52. The fourth-order valence-electron chi connectivity index (χ4n) is 0.203. The predicted molar refractivity (Wildman–Crippen MR) is 28.7 cm³/mol. The molecule has 0 aromatic carbocycles. The minimum atomic E-state index is -0.311. The van der Waals surface area contributed by atoms with Gasteiger partial charge < -0.3 is 9.04 Å². The summed E-state index contributed by atoms with van der Waals surface area (Å²) in [5.41, 5.74) is 0. The minimum Gasteiger partial charge on any atom is -0.451 e. The molecule has 1 amide bonds. The number of carbonyl (C=O) groups excluding carboxylic acids is 1. The molecule has 3 nitrogen and oxygen atoms in total. The van der Waals surface area contributed by atoms with Crippen LogP contribution < -0.4 is 4.30 Å². The highest BCUT2D eigenvalue weighted by molar-refractivity contribution is 6.12. The highest BCUT2D eigenvalue weighted by Gasteiger charge is 1.88. The maximum absolute atomic E-state index is 10.1. The summed E-state index contributed by atoms with van der Waals surface area (Å²) in [6, 6.07) is 0. The van der Waals surface area contributed by atoms with Gasteiger partial charge in [0.1, 0.15) is 0 Å². The van der Waals surface area contributed by atoms with Crippen molar-refractivity contribution < 1.29 is 9.53 Å². The molecule has 0 radical (unpaired) electrons. The van der Waals surface area contributed by atoms with Gasteiger partial charge in [-0.05, 0) is 6.92 Å². The molecule has 0 rings (SSSR count). The maximum atomic E-state index is 10.1. The number of rotatable bonds is 1. The van der Waals surface area contributed by atoms with Crippen molar-refractivity contribution >= 4 is 22.6 Å². The van der Waals surface area contributed by atoms with Crippen molar-refractivity contribution in [2.45, 2.75) is 6.92 Å². The first-order valence-electron chi connectivity index (χ1n) is 2.15. The summed E-state index contributed by atoms with van der Waals surface area (Å²) in [6.07, 6.45) is -0.311. The van der Waals surface area contributed by atoms with E-state index in [1.165, 1.54) is 0 Å². The Kier molecular flexibility index (Phi) is 3.86. The van der Waals surface area contributed by atoms with Crippen LogP contribution in [0.3, 0.4) is 0 Å². The van der Waals surface area contributed by atoms with Crippen LogP contribution in [0.2, 0.25) is 0 Å². The van der Waals surface area contributed by atoms with Crippen molar-refractivity contribution in [2.75, 3.05) is 6.61 Å². The molecular weight excluding hydrogens is 109 g/mol. The van der Waals surface area contributed by atoms with Crippen LogP contribution >= 0.6 is 0 Å². The van der Waals surface area contributed by atoms with Crippen LogP contribution in [0.5, 0.6) is 0 Å². The van der Waals surface area contributed by atoms with E-state index in [-0.39, 0.29) is 6.09 Å². The summed E-state index contributed by atoms with van der Waals surface area (Å²) in [4.78, 5) is 10.1. The Bertz CT molecular complexity index is 66.0. The number of ether oxygens (including phenoxy) is 1. The third kappa shape index (κ3) is 3.64. The Labute approximate surface area is 50.7 Å². The summed E-state index contributed by atoms with van der Waals surface area (Å²) >= 11 is 0.663. The summed E-state index contributed by atoms with van der Waals surface area (Å²) in [7, 11) is 0. The molecule has 40 valence electrons. The summed E-state index contributed by atoms with van der Waals surface area (Å²) in [5, 5.41) is 0. The number of hydrogen-bond donors (Lipinski definition) is 1. The Balaban J connectivity index is 3.00. The third-order valence-corrected chi connectivity index (χ3v) is 0.888. The molecule has 0 spiro atoms. The Morgan fingerprint density at radius 3 is 2.71 bits per heavy atom. The fraction of sp³-hybridized carbons (Fsp3) is 0.667. The van der Waals surface area contributed by atoms with Crippen LogP contribution in [0, 0.1) is 0 Å². The van der Waals surface area contributed by atoms with Crippen molar-refractivity contribution in [3.05, 3.63) is 0 Å². The fourth-order valence-corrected chi connectivity index (χ4v) is 0.348. The summed E-state index contributed by atoms with van der Waals surface area (Å²) in [6.45, 7) is 2.23. The SMILES string of the molecule is CCOC(=O)[NH][AlH2]. The van der Waals surface area contributed by atoms with Crippen LogP contribution in [0.15, 0.2) is 0 Å². The molecule has 0 aliphatic carbocycles. The molecule has 0 atom stereocenters. The Morgan fingerprint density at radius 2 is 2.57 bits per heavy atom. The normalized spacial score (nSPS) is 7.57. The molecule has 0 saturated heterocycles. The molecule has 0 bridgehead atoms. The van der Waals surface area contributed by atoms with E-state index in [1.807, 2.05) is 0 Å². The lowest BCUT2D eigenvalue weighted by molar-refractivity contribution is 0.159. The molecular formula is C3H8AlNO2. The van der Waals surface area contributed by atoms with Gasteiger partial charge in [0.15, 0.2) is 0 Å². The lowest BCUT2D eigenvalue weighted by Gasteiger charge is -1.96. The lowest BCUT2D eigenvalue weighted by Crippen LogP contribution is -2.20. The van der Waals surface area contributed by atoms with Crippen molar-refractivity contribution in [1.29, 1.82) is 0 Å². The molecule has 4 heteroatoms.